The van der Waals surface area contributed by atoms with E-state index in [1.807, 2.05) is 23.1 Å². The number of para-hydroxylation sites is 2. The molecule has 2 unspecified atom stereocenters. The number of aromatic nitrogens is 2. The van der Waals surface area contributed by atoms with Gasteiger partial charge in [0, 0.05) is 18.4 Å². The fourth-order valence-electron chi connectivity index (χ4n) is 2.41. The van der Waals surface area contributed by atoms with Crippen molar-refractivity contribution in [2.24, 2.45) is 5.92 Å². The Morgan fingerprint density at radius 3 is 2.60 bits per heavy atom. The second-order valence-corrected chi connectivity index (χ2v) is 5.47. The molecule has 0 fully saturated rings. The van der Waals surface area contributed by atoms with Crippen LogP contribution in [0.15, 0.2) is 42.7 Å². The molecule has 1 heterocycles. The van der Waals surface area contributed by atoms with Gasteiger partial charge in [0.15, 0.2) is 0 Å². The van der Waals surface area contributed by atoms with Gasteiger partial charge in [-0.15, -0.1) is 0 Å². The van der Waals surface area contributed by atoms with Gasteiger partial charge in [-0.2, -0.15) is 5.10 Å². The third-order valence-corrected chi connectivity index (χ3v) is 3.89. The Morgan fingerprint density at radius 2 is 1.95 bits per heavy atom. The molecular formula is C17H25N3. The Bertz CT molecular complexity index is 505. The second kappa shape index (κ2) is 7.13. The van der Waals surface area contributed by atoms with Gasteiger partial charge in [-0.3, -0.25) is 0 Å². The van der Waals surface area contributed by atoms with Crippen LogP contribution in [0.4, 0.5) is 5.69 Å². The zero-order chi connectivity index (χ0) is 14.4. The fourth-order valence-corrected chi connectivity index (χ4v) is 2.41. The normalized spacial score (nSPS) is 13.9. The summed E-state index contributed by atoms with van der Waals surface area (Å²) in [4.78, 5) is 0. The molecule has 0 aliphatic heterocycles. The van der Waals surface area contributed by atoms with E-state index in [4.69, 9.17) is 0 Å². The van der Waals surface area contributed by atoms with E-state index in [-0.39, 0.29) is 0 Å². The van der Waals surface area contributed by atoms with E-state index < -0.39 is 0 Å². The highest BCUT2D eigenvalue weighted by molar-refractivity contribution is 5.61. The lowest BCUT2D eigenvalue weighted by Gasteiger charge is -2.23. The molecule has 0 saturated carbocycles. The van der Waals surface area contributed by atoms with Crippen molar-refractivity contribution in [3.8, 4) is 5.69 Å². The lowest BCUT2D eigenvalue weighted by atomic mass is 9.97. The van der Waals surface area contributed by atoms with E-state index in [1.165, 1.54) is 12.8 Å². The van der Waals surface area contributed by atoms with E-state index >= 15 is 0 Å². The predicted molar refractivity (Wildman–Crippen MR) is 85.3 cm³/mol. The smallest absolute Gasteiger partial charge is 0.0876 e. The summed E-state index contributed by atoms with van der Waals surface area (Å²) in [5, 5.41) is 8.02. The van der Waals surface area contributed by atoms with E-state index in [9.17, 15) is 0 Å². The molecule has 0 aliphatic rings. The molecule has 2 atom stereocenters. The number of rotatable bonds is 7. The molecule has 3 nitrogen and oxygen atoms in total. The van der Waals surface area contributed by atoms with Gasteiger partial charge in [0.25, 0.3) is 0 Å². The number of nitrogens with one attached hydrogen (secondary N) is 1. The van der Waals surface area contributed by atoms with Gasteiger partial charge in [0.05, 0.1) is 11.4 Å². The Hall–Kier alpha value is -1.77. The van der Waals surface area contributed by atoms with Crippen LogP contribution in [0, 0.1) is 5.92 Å². The molecule has 1 N–H and O–H groups in total. The number of anilines is 1. The average molecular weight is 271 g/mol. The van der Waals surface area contributed by atoms with E-state index in [1.54, 1.807) is 0 Å². The van der Waals surface area contributed by atoms with Crippen LogP contribution in [-0.2, 0) is 0 Å². The Labute approximate surface area is 122 Å². The molecule has 1 aromatic heterocycles. The maximum Gasteiger partial charge on any atom is 0.0876 e. The van der Waals surface area contributed by atoms with Crippen molar-refractivity contribution in [1.82, 2.24) is 9.78 Å². The van der Waals surface area contributed by atoms with Crippen LogP contribution in [-0.4, -0.2) is 15.8 Å². The first kappa shape index (κ1) is 14.6. The van der Waals surface area contributed by atoms with Crippen molar-refractivity contribution in [3.05, 3.63) is 42.7 Å². The van der Waals surface area contributed by atoms with Crippen LogP contribution < -0.4 is 5.32 Å². The highest BCUT2D eigenvalue weighted by Gasteiger charge is 2.12. The minimum absolute atomic E-state index is 0.515. The van der Waals surface area contributed by atoms with E-state index in [0.717, 1.165) is 23.7 Å². The fraction of sp³-hybridized carbons (Fsp3) is 0.471. The Morgan fingerprint density at radius 1 is 1.15 bits per heavy atom. The van der Waals surface area contributed by atoms with Gasteiger partial charge < -0.3 is 5.32 Å². The molecule has 2 aromatic rings. The summed E-state index contributed by atoms with van der Waals surface area (Å²) in [6.07, 6.45) is 7.38. The molecule has 0 saturated heterocycles. The highest BCUT2D eigenvalue weighted by Crippen LogP contribution is 2.23. The lowest BCUT2D eigenvalue weighted by Crippen LogP contribution is -2.22. The minimum atomic E-state index is 0.515. The molecule has 0 radical (unpaired) electrons. The molecule has 0 bridgehead atoms. The van der Waals surface area contributed by atoms with Crippen LogP contribution in [0.1, 0.15) is 40.0 Å². The maximum atomic E-state index is 4.33. The van der Waals surface area contributed by atoms with Crippen molar-refractivity contribution in [2.45, 2.75) is 46.1 Å². The molecule has 20 heavy (non-hydrogen) atoms. The van der Waals surface area contributed by atoms with Gasteiger partial charge in [0.1, 0.15) is 0 Å². The summed E-state index contributed by atoms with van der Waals surface area (Å²) in [5.74, 6) is 0.754. The summed E-state index contributed by atoms with van der Waals surface area (Å²) in [6, 6.07) is 10.8. The summed E-state index contributed by atoms with van der Waals surface area (Å²) in [6.45, 7) is 6.83. The lowest BCUT2D eigenvalue weighted by molar-refractivity contribution is 0.461. The third-order valence-electron chi connectivity index (χ3n) is 3.89. The summed E-state index contributed by atoms with van der Waals surface area (Å²) in [7, 11) is 0. The van der Waals surface area contributed by atoms with Gasteiger partial charge >= 0.3 is 0 Å². The van der Waals surface area contributed by atoms with Crippen molar-refractivity contribution in [1.29, 1.82) is 0 Å². The minimum Gasteiger partial charge on any atom is -0.381 e. The molecule has 0 aliphatic carbocycles. The number of benzene rings is 1. The van der Waals surface area contributed by atoms with E-state index in [2.05, 4.69) is 55.5 Å². The number of hydrogen-bond donors (Lipinski definition) is 1. The quantitative estimate of drug-likeness (QED) is 0.803. The standard InChI is InChI=1S/C17H25N3/c1-4-14(3)13-15(5-2)19-16-9-6-7-10-17(16)20-12-8-11-18-20/h6-12,14-15,19H,4-5,13H2,1-3H3. The largest absolute Gasteiger partial charge is 0.381 e. The second-order valence-electron chi connectivity index (χ2n) is 5.47. The van der Waals surface area contributed by atoms with Gasteiger partial charge in [-0.1, -0.05) is 39.3 Å². The molecule has 108 valence electrons. The summed E-state index contributed by atoms with van der Waals surface area (Å²) >= 11 is 0. The third kappa shape index (κ3) is 3.62. The van der Waals surface area contributed by atoms with Gasteiger partial charge in [0.2, 0.25) is 0 Å². The van der Waals surface area contributed by atoms with Crippen molar-refractivity contribution in [2.75, 3.05) is 5.32 Å². The monoisotopic (exact) mass is 271 g/mol. The molecule has 0 spiro atoms. The molecule has 2 rings (SSSR count). The van der Waals surface area contributed by atoms with E-state index in [0.29, 0.717) is 6.04 Å². The van der Waals surface area contributed by atoms with Gasteiger partial charge in [-0.05, 0) is 37.0 Å². The first-order valence-corrected chi connectivity index (χ1v) is 7.60. The molecular weight excluding hydrogens is 246 g/mol. The molecule has 0 amide bonds. The van der Waals surface area contributed by atoms with Crippen molar-refractivity contribution in [3.63, 3.8) is 0 Å². The van der Waals surface area contributed by atoms with Crippen LogP contribution in [0.3, 0.4) is 0 Å². The first-order valence-electron chi connectivity index (χ1n) is 7.60. The zero-order valence-electron chi connectivity index (χ0n) is 12.7. The van der Waals surface area contributed by atoms with Crippen LogP contribution in [0.25, 0.3) is 5.69 Å². The van der Waals surface area contributed by atoms with Gasteiger partial charge in [-0.25, -0.2) is 4.68 Å². The average Bonchev–Trinajstić information content (AvgIpc) is 3.01. The first-order chi connectivity index (χ1) is 9.74. The topological polar surface area (TPSA) is 29.9 Å². The number of nitrogens with zero attached hydrogens (tertiary/aromatic N) is 2. The van der Waals surface area contributed by atoms with Crippen LogP contribution in [0.2, 0.25) is 0 Å². The number of hydrogen-bond acceptors (Lipinski definition) is 2. The maximum absolute atomic E-state index is 4.33. The van der Waals surface area contributed by atoms with Crippen LogP contribution in [0.5, 0.6) is 0 Å². The molecule has 3 heteroatoms. The highest BCUT2D eigenvalue weighted by atomic mass is 15.3. The summed E-state index contributed by atoms with van der Waals surface area (Å²) < 4.78 is 1.91. The van der Waals surface area contributed by atoms with Crippen molar-refractivity contribution < 1.29 is 0 Å². The predicted octanol–water partition coefficient (Wildman–Crippen LogP) is 4.50. The molecule has 1 aromatic carbocycles. The Kier molecular flexibility index (Phi) is 5.22. The summed E-state index contributed by atoms with van der Waals surface area (Å²) in [5.41, 5.74) is 2.27. The van der Waals surface area contributed by atoms with Crippen LogP contribution >= 0.6 is 0 Å². The Balaban J connectivity index is 2.16. The SMILES string of the molecule is CCC(C)CC(CC)Nc1ccccc1-n1cccn1. The zero-order valence-corrected chi connectivity index (χ0v) is 12.7. The van der Waals surface area contributed by atoms with Crippen molar-refractivity contribution >= 4 is 5.69 Å².